The van der Waals surface area contributed by atoms with E-state index in [0.29, 0.717) is 41.0 Å². The SMILES string of the molecule is CCCCCCCN1C(=O)/C(=C/c2c(C)c(C#N)c(=O)n(CC)c2N2CC(C)OC(C)C2)SC1=S. The number of amides is 1. The number of carbonyl (C=O) groups is 1. The number of rotatable bonds is 9. The molecule has 2 saturated heterocycles. The van der Waals surface area contributed by atoms with Crippen molar-refractivity contribution in [3.63, 3.8) is 0 Å². The maximum absolute atomic E-state index is 13.3. The molecule has 0 N–H and O–H groups in total. The van der Waals surface area contributed by atoms with Crippen LogP contribution < -0.4 is 10.5 Å². The maximum Gasteiger partial charge on any atom is 0.270 e. The molecule has 3 rings (SSSR count). The van der Waals surface area contributed by atoms with Crippen molar-refractivity contribution in [1.82, 2.24) is 9.47 Å². The smallest absolute Gasteiger partial charge is 0.270 e. The lowest BCUT2D eigenvalue weighted by atomic mass is 10.0. The monoisotopic (exact) mass is 516 g/mol. The molecular weight excluding hydrogens is 480 g/mol. The third-order valence-corrected chi connectivity index (χ3v) is 7.89. The van der Waals surface area contributed by atoms with E-state index in [1.807, 2.05) is 26.8 Å². The van der Waals surface area contributed by atoms with E-state index < -0.39 is 0 Å². The van der Waals surface area contributed by atoms with Gasteiger partial charge in [-0.1, -0.05) is 56.6 Å². The Labute approximate surface area is 218 Å². The van der Waals surface area contributed by atoms with Crippen LogP contribution in [0.15, 0.2) is 9.70 Å². The highest BCUT2D eigenvalue weighted by Crippen LogP contribution is 2.36. The van der Waals surface area contributed by atoms with Gasteiger partial charge in [-0.25, -0.2) is 0 Å². The van der Waals surface area contributed by atoms with Crippen LogP contribution >= 0.6 is 24.0 Å². The zero-order chi connectivity index (χ0) is 25.7. The largest absolute Gasteiger partial charge is 0.372 e. The van der Waals surface area contributed by atoms with E-state index in [9.17, 15) is 14.9 Å². The van der Waals surface area contributed by atoms with Crippen molar-refractivity contribution in [2.45, 2.75) is 85.5 Å². The Balaban J connectivity index is 2.04. The van der Waals surface area contributed by atoms with Gasteiger partial charge in [0.25, 0.3) is 11.5 Å². The molecule has 2 atom stereocenters. The zero-order valence-electron chi connectivity index (χ0n) is 21.4. The van der Waals surface area contributed by atoms with Crippen molar-refractivity contribution < 1.29 is 9.53 Å². The molecule has 0 bridgehead atoms. The topological polar surface area (TPSA) is 78.6 Å². The van der Waals surface area contributed by atoms with Crippen LogP contribution in [0.5, 0.6) is 0 Å². The molecule has 2 aliphatic heterocycles. The standard InChI is InChI=1S/C26H36N4O3S2/c1-6-8-9-10-11-12-30-25(32)22(35-26(30)34)13-20-19(5)21(14-27)24(31)29(7-2)23(20)28-15-17(3)33-18(4)16-28/h13,17-18H,6-12,15-16H2,1-5H3/b22-13-. The molecule has 0 radical (unpaired) electrons. The fourth-order valence-electron chi connectivity index (χ4n) is 4.83. The van der Waals surface area contributed by atoms with Gasteiger partial charge in [0.1, 0.15) is 21.8 Å². The molecular formula is C26H36N4O3S2. The number of unbranched alkanes of at least 4 members (excludes halogenated alkanes) is 4. The molecule has 2 unspecified atom stereocenters. The van der Waals surface area contributed by atoms with E-state index in [1.165, 1.54) is 24.6 Å². The summed E-state index contributed by atoms with van der Waals surface area (Å²) >= 11 is 6.84. The highest BCUT2D eigenvalue weighted by Gasteiger charge is 2.34. The number of aromatic nitrogens is 1. The predicted molar refractivity (Wildman–Crippen MR) is 147 cm³/mol. The molecule has 1 aromatic rings. The molecule has 0 aromatic carbocycles. The Morgan fingerprint density at radius 3 is 2.40 bits per heavy atom. The van der Waals surface area contributed by atoms with Gasteiger partial charge in [0.15, 0.2) is 0 Å². The number of thioether (sulfide) groups is 1. The average Bonchev–Trinajstić information content (AvgIpc) is 3.07. The van der Waals surface area contributed by atoms with Crippen molar-refractivity contribution in [3.05, 3.63) is 31.9 Å². The first kappa shape index (κ1) is 27.4. The number of hydrogen-bond donors (Lipinski definition) is 0. The van der Waals surface area contributed by atoms with Gasteiger partial charge in [-0.05, 0) is 45.8 Å². The highest BCUT2D eigenvalue weighted by molar-refractivity contribution is 8.26. The van der Waals surface area contributed by atoms with Crippen LogP contribution in [0.1, 0.15) is 76.5 Å². The van der Waals surface area contributed by atoms with Crippen LogP contribution in [0, 0.1) is 18.3 Å². The molecule has 3 heterocycles. The van der Waals surface area contributed by atoms with E-state index in [1.54, 1.807) is 16.4 Å². The number of ether oxygens (including phenoxy) is 1. The molecule has 1 amide bonds. The fourth-order valence-corrected chi connectivity index (χ4v) is 6.12. The molecule has 1 aromatic heterocycles. The number of morpholine rings is 1. The number of pyridine rings is 1. The van der Waals surface area contributed by atoms with Crippen LogP contribution in [0.25, 0.3) is 6.08 Å². The first-order valence-electron chi connectivity index (χ1n) is 12.6. The molecule has 9 heteroatoms. The summed E-state index contributed by atoms with van der Waals surface area (Å²) < 4.78 is 8.13. The number of carbonyl (C=O) groups excluding carboxylic acids is 1. The van der Waals surface area contributed by atoms with Crippen molar-refractivity contribution in [2.75, 3.05) is 24.5 Å². The number of anilines is 1. The zero-order valence-corrected chi connectivity index (χ0v) is 23.1. The Kier molecular flexibility index (Phi) is 9.56. The number of nitrogens with zero attached hydrogens (tertiary/aromatic N) is 4. The quantitative estimate of drug-likeness (QED) is 0.264. The van der Waals surface area contributed by atoms with Gasteiger partial charge in [-0.2, -0.15) is 5.26 Å². The van der Waals surface area contributed by atoms with Gasteiger partial charge in [0.05, 0.1) is 17.1 Å². The molecule has 190 valence electrons. The molecule has 2 fully saturated rings. The van der Waals surface area contributed by atoms with Crippen molar-refractivity contribution in [3.8, 4) is 6.07 Å². The minimum Gasteiger partial charge on any atom is -0.372 e. The minimum absolute atomic E-state index is 0.00567. The van der Waals surface area contributed by atoms with Crippen LogP contribution in [-0.4, -0.2) is 51.5 Å². The number of thiocarbonyl (C=S) groups is 1. The van der Waals surface area contributed by atoms with Gasteiger partial charge >= 0.3 is 0 Å². The predicted octanol–water partition coefficient (Wildman–Crippen LogP) is 4.83. The van der Waals surface area contributed by atoms with Gasteiger partial charge in [-0.15, -0.1) is 0 Å². The van der Waals surface area contributed by atoms with Gasteiger partial charge in [0, 0.05) is 31.7 Å². The lowest BCUT2D eigenvalue weighted by Gasteiger charge is -2.39. The summed E-state index contributed by atoms with van der Waals surface area (Å²) in [4.78, 5) is 30.9. The minimum atomic E-state index is -0.300. The second kappa shape index (κ2) is 12.2. The van der Waals surface area contributed by atoms with E-state index in [0.717, 1.165) is 30.6 Å². The van der Waals surface area contributed by atoms with E-state index >= 15 is 0 Å². The molecule has 0 saturated carbocycles. The van der Waals surface area contributed by atoms with Crippen LogP contribution in [0.2, 0.25) is 0 Å². The average molecular weight is 517 g/mol. The van der Waals surface area contributed by atoms with Crippen molar-refractivity contribution in [2.24, 2.45) is 0 Å². The number of hydrogen-bond acceptors (Lipinski definition) is 7. The molecule has 7 nitrogen and oxygen atoms in total. The first-order chi connectivity index (χ1) is 16.7. The van der Waals surface area contributed by atoms with Gasteiger partial charge in [-0.3, -0.25) is 19.1 Å². The molecule has 0 spiro atoms. The second-order valence-corrected chi connectivity index (χ2v) is 11.0. The highest BCUT2D eigenvalue weighted by atomic mass is 32.2. The third-order valence-electron chi connectivity index (χ3n) is 6.52. The maximum atomic E-state index is 13.3. The number of nitriles is 1. The summed E-state index contributed by atoms with van der Waals surface area (Å²) in [5.74, 6) is 0.637. The van der Waals surface area contributed by atoms with Crippen molar-refractivity contribution >= 4 is 46.1 Å². The van der Waals surface area contributed by atoms with Crippen molar-refractivity contribution in [1.29, 1.82) is 5.26 Å². The summed E-state index contributed by atoms with van der Waals surface area (Å²) in [5.41, 5.74) is 1.13. The third kappa shape index (κ3) is 5.99. The molecule has 2 aliphatic rings. The molecule has 35 heavy (non-hydrogen) atoms. The lowest BCUT2D eigenvalue weighted by molar-refractivity contribution is -0.122. The Bertz CT molecular complexity index is 1100. The Hall–Kier alpha value is -2.15. The fraction of sp³-hybridized carbons (Fsp3) is 0.615. The summed E-state index contributed by atoms with van der Waals surface area (Å²) in [7, 11) is 0. The van der Waals surface area contributed by atoms with E-state index in [2.05, 4.69) is 17.9 Å². The van der Waals surface area contributed by atoms with Crippen LogP contribution in [0.4, 0.5) is 5.82 Å². The Morgan fingerprint density at radius 2 is 1.80 bits per heavy atom. The summed E-state index contributed by atoms with van der Waals surface area (Å²) in [6, 6.07) is 2.09. The molecule has 0 aliphatic carbocycles. The van der Waals surface area contributed by atoms with Crippen LogP contribution in [0.3, 0.4) is 0 Å². The first-order valence-corrected chi connectivity index (χ1v) is 13.8. The van der Waals surface area contributed by atoms with Gasteiger partial charge < -0.3 is 9.64 Å². The Morgan fingerprint density at radius 1 is 1.14 bits per heavy atom. The van der Waals surface area contributed by atoms with Crippen LogP contribution in [-0.2, 0) is 16.1 Å². The van der Waals surface area contributed by atoms with E-state index in [4.69, 9.17) is 17.0 Å². The summed E-state index contributed by atoms with van der Waals surface area (Å²) in [6.07, 6.45) is 7.36. The summed E-state index contributed by atoms with van der Waals surface area (Å²) in [6.45, 7) is 12.2. The summed E-state index contributed by atoms with van der Waals surface area (Å²) in [5, 5.41) is 9.77. The second-order valence-electron chi connectivity index (χ2n) is 9.31. The van der Waals surface area contributed by atoms with E-state index in [-0.39, 0.29) is 29.2 Å². The lowest BCUT2D eigenvalue weighted by Crippen LogP contribution is -2.48. The van der Waals surface area contributed by atoms with Gasteiger partial charge in [0.2, 0.25) is 0 Å². The normalized spacial score (nSPS) is 21.8.